The van der Waals surface area contributed by atoms with E-state index >= 15 is 8.78 Å². The van der Waals surface area contributed by atoms with E-state index in [0.29, 0.717) is 48.6 Å². The molecule has 0 unspecified atom stereocenters. The van der Waals surface area contributed by atoms with Crippen LogP contribution in [0.15, 0.2) is 84.9 Å². The number of aromatic nitrogens is 1. The lowest BCUT2D eigenvalue weighted by atomic mass is 9.89. The highest BCUT2D eigenvalue weighted by atomic mass is 19.1. The Kier molecular flexibility index (Phi) is 7.24. The number of fused-ring (bicyclic) bond motifs is 1. The molecule has 41 heavy (non-hydrogen) atoms. The zero-order chi connectivity index (χ0) is 28.5. The van der Waals surface area contributed by atoms with Crippen molar-refractivity contribution in [3.05, 3.63) is 119 Å². The van der Waals surface area contributed by atoms with Crippen LogP contribution in [0.3, 0.4) is 0 Å². The molecule has 1 aliphatic heterocycles. The molecule has 1 aliphatic rings. The normalized spacial score (nSPS) is 13.9. The first kappa shape index (κ1) is 26.7. The summed E-state index contributed by atoms with van der Waals surface area (Å²) in [6.45, 7) is 1.02. The molecule has 0 amide bonds. The summed E-state index contributed by atoms with van der Waals surface area (Å²) < 4.78 is 59.0. The number of halogens is 3. The molecule has 2 heterocycles. The highest BCUT2D eigenvalue weighted by Crippen LogP contribution is 2.48. The molecular formula is C33H26F3NO4. The Labute approximate surface area is 234 Å². The Morgan fingerprint density at radius 2 is 1.59 bits per heavy atom. The molecule has 5 aromatic rings. The highest BCUT2D eigenvalue weighted by Gasteiger charge is 2.32. The lowest BCUT2D eigenvalue weighted by Crippen LogP contribution is -2.17. The van der Waals surface area contributed by atoms with E-state index in [1.165, 1.54) is 24.3 Å². The number of rotatable bonds is 7. The molecule has 0 spiro atoms. The minimum atomic E-state index is -1.08. The third-order valence-electron chi connectivity index (χ3n) is 7.47. The van der Waals surface area contributed by atoms with Crippen LogP contribution in [0.25, 0.3) is 27.7 Å². The monoisotopic (exact) mass is 557 g/mol. The van der Waals surface area contributed by atoms with Gasteiger partial charge in [0.1, 0.15) is 12.4 Å². The van der Waals surface area contributed by atoms with Gasteiger partial charge in [-0.3, -0.25) is 0 Å². The second-order valence-corrected chi connectivity index (χ2v) is 10.0. The number of benzene rings is 4. The Morgan fingerprint density at radius 3 is 2.24 bits per heavy atom. The van der Waals surface area contributed by atoms with Crippen molar-refractivity contribution >= 4 is 16.9 Å². The van der Waals surface area contributed by atoms with Crippen LogP contribution in [0, 0.1) is 17.5 Å². The maximum Gasteiger partial charge on any atom is 0.335 e. The average molecular weight is 558 g/mol. The van der Waals surface area contributed by atoms with Crippen LogP contribution in [-0.4, -0.2) is 28.9 Å². The summed E-state index contributed by atoms with van der Waals surface area (Å²) >= 11 is 0. The molecule has 8 heteroatoms. The fraction of sp³-hybridized carbons (Fsp3) is 0.182. The molecule has 0 aliphatic carbocycles. The summed E-state index contributed by atoms with van der Waals surface area (Å²) in [5.74, 6) is -3.41. The minimum absolute atomic E-state index is 0.0458. The first-order valence-electron chi connectivity index (χ1n) is 13.3. The number of carboxylic acids is 1. The predicted molar refractivity (Wildman–Crippen MR) is 149 cm³/mol. The smallest absolute Gasteiger partial charge is 0.335 e. The molecule has 6 rings (SSSR count). The van der Waals surface area contributed by atoms with Crippen LogP contribution in [0.2, 0.25) is 0 Å². The van der Waals surface area contributed by atoms with Crippen LogP contribution in [0.1, 0.15) is 40.4 Å². The largest absolute Gasteiger partial charge is 0.485 e. The highest BCUT2D eigenvalue weighted by molar-refractivity contribution is 6.04. The second-order valence-electron chi connectivity index (χ2n) is 10.0. The topological polar surface area (TPSA) is 60.7 Å². The maximum atomic E-state index is 16.0. The minimum Gasteiger partial charge on any atom is -0.485 e. The van der Waals surface area contributed by atoms with Gasteiger partial charge in [0, 0.05) is 42.1 Å². The van der Waals surface area contributed by atoms with Gasteiger partial charge < -0.3 is 19.1 Å². The number of carboxylic acid groups (broad SMARTS) is 1. The van der Waals surface area contributed by atoms with Gasteiger partial charge in [-0.2, -0.15) is 0 Å². The van der Waals surface area contributed by atoms with E-state index in [0.717, 1.165) is 11.6 Å². The fourth-order valence-corrected chi connectivity index (χ4v) is 5.56. The molecule has 1 aromatic heterocycles. The van der Waals surface area contributed by atoms with Crippen LogP contribution >= 0.6 is 0 Å². The predicted octanol–water partition coefficient (Wildman–Crippen LogP) is 7.89. The van der Waals surface area contributed by atoms with Gasteiger partial charge in [0.2, 0.25) is 0 Å². The number of aromatic carboxylic acids is 1. The molecule has 0 radical (unpaired) electrons. The Bertz CT molecular complexity index is 1710. The Balaban J connectivity index is 1.69. The lowest BCUT2D eigenvalue weighted by Gasteiger charge is -2.26. The molecule has 1 saturated heterocycles. The van der Waals surface area contributed by atoms with E-state index in [4.69, 9.17) is 9.47 Å². The van der Waals surface area contributed by atoms with Crippen molar-refractivity contribution in [1.29, 1.82) is 0 Å². The average Bonchev–Trinajstić information content (AvgIpc) is 3.35. The molecule has 0 bridgehead atoms. The Hall–Kier alpha value is -4.56. The number of ether oxygens (including phenoxy) is 2. The first-order chi connectivity index (χ1) is 19.9. The summed E-state index contributed by atoms with van der Waals surface area (Å²) in [5, 5.41) is 9.71. The van der Waals surface area contributed by atoms with Crippen molar-refractivity contribution in [2.45, 2.75) is 25.4 Å². The summed E-state index contributed by atoms with van der Waals surface area (Å²) in [4.78, 5) is 11.6. The van der Waals surface area contributed by atoms with Crippen LogP contribution < -0.4 is 4.74 Å². The van der Waals surface area contributed by atoms with Crippen molar-refractivity contribution in [1.82, 2.24) is 4.57 Å². The van der Waals surface area contributed by atoms with Gasteiger partial charge in [-0.25, -0.2) is 18.0 Å². The summed E-state index contributed by atoms with van der Waals surface area (Å²) in [5.41, 5.74) is 3.31. The zero-order valence-electron chi connectivity index (χ0n) is 21.9. The number of hydrogen-bond acceptors (Lipinski definition) is 3. The molecule has 5 nitrogen and oxygen atoms in total. The van der Waals surface area contributed by atoms with Crippen molar-refractivity contribution in [3.63, 3.8) is 0 Å². The summed E-state index contributed by atoms with van der Waals surface area (Å²) in [7, 11) is 0. The third-order valence-corrected chi connectivity index (χ3v) is 7.47. The number of hydrogen-bond donors (Lipinski definition) is 1. The first-order valence-corrected chi connectivity index (χ1v) is 13.3. The molecule has 4 aromatic carbocycles. The van der Waals surface area contributed by atoms with Gasteiger partial charge in [-0.1, -0.05) is 42.5 Å². The maximum absolute atomic E-state index is 16.0. The van der Waals surface area contributed by atoms with Gasteiger partial charge in [0.05, 0.1) is 16.5 Å². The van der Waals surface area contributed by atoms with E-state index < -0.39 is 23.4 Å². The summed E-state index contributed by atoms with van der Waals surface area (Å²) in [6.07, 6.45) is 1.25. The van der Waals surface area contributed by atoms with Gasteiger partial charge in [0.25, 0.3) is 0 Å². The summed E-state index contributed by atoms with van der Waals surface area (Å²) in [6, 6.07) is 22.0. The van der Waals surface area contributed by atoms with Crippen molar-refractivity contribution in [2.75, 3.05) is 13.2 Å². The Morgan fingerprint density at radius 1 is 0.902 bits per heavy atom. The van der Waals surface area contributed by atoms with E-state index in [2.05, 4.69) is 0 Å². The van der Waals surface area contributed by atoms with Crippen molar-refractivity contribution < 1.29 is 32.5 Å². The zero-order valence-corrected chi connectivity index (χ0v) is 21.9. The van der Waals surface area contributed by atoms with Crippen LogP contribution in [0.5, 0.6) is 5.75 Å². The van der Waals surface area contributed by atoms with E-state index in [-0.39, 0.29) is 34.7 Å². The van der Waals surface area contributed by atoms with E-state index in [9.17, 15) is 14.3 Å². The molecule has 1 N–H and O–H groups in total. The lowest BCUT2D eigenvalue weighted by molar-refractivity contribution is 0.0697. The molecule has 0 atom stereocenters. The van der Waals surface area contributed by atoms with Crippen molar-refractivity contribution in [2.24, 2.45) is 0 Å². The quantitative estimate of drug-likeness (QED) is 0.221. The molecule has 208 valence electrons. The van der Waals surface area contributed by atoms with Crippen LogP contribution in [-0.2, 0) is 11.3 Å². The fourth-order valence-electron chi connectivity index (χ4n) is 5.56. The van der Waals surface area contributed by atoms with E-state index in [1.54, 1.807) is 28.8 Å². The van der Waals surface area contributed by atoms with Gasteiger partial charge in [0.15, 0.2) is 17.4 Å². The standard InChI is InChI=1S/C33H26F3NO4/c34-24-10-12-25(13-11-24)37-30(22-14-16-40-17-15-22)28(21-6-8-23(9-7-21)33(38)39)29-31(37)26(35)18-27(36)32(29)41-19-20-4-2-1-3-5-20/h1-13,18,22H,14-17,19H2,(H,38,39). The van der Waals surface area contributed by atoms with Gasteiger partial charge in [-0.15, -0.1) is 0 Å². The van der Waals surface area contributed by atoms with Gasteiger partial charge in [-0.05, 0) is 60.4 Å². The molecule has 0 saturated carbocycles. The van der Waals surface area contributed by atoms with E-state index in [1.807, 2.05) is 30.3 Å². The third kappa shape index (κ3) is 5.07. The van der Waals surface area contributed by atoms with Crippen molar-refractivity contribution in [3.8, 4) is 22.6 Å². The van der Waals surface area contributed by atoms with Crippen LogP contribution in [0.4, 0.5) is 13.2 Å². The number of carbonyl (C=O) groups is 1. The SMILES string of the molecule is O=C(O)c1ccc(-c2c(C3CCOCC3)n(-c3ccc(F)cc3)c3c(F)cc(F)c(OCc4ccccc4)c23)cc1. The molecular weight excluding hydrogens is 531 g/mol. The molecule has 1 fully saturated rings. The number of nitrogens with zero attached hydrogens (tertiary/aromatic N) is 1. The van der Waals surface area contributed by atoms with Gasteiger partial charge >= 0.3 is 5.97 Å². The second kappa shape index (κ2) is 11.1.